The molecule has 1 amide bonds. The number of methoxy groups -OCH3 is 1. The number of rotatable bonds is 3. The average Bonchev–Trinajstić information content (AvgIpc) is 2.79. The fraction of sp³-hybridized carbons (Fsp3) is 0.333. The number of anilines is 1. The maximum absolute atomic E-state index is 13.0. The van der Waals surface area contributed by atoms with E-state index >= 15 is 0 Å². The van der Waals surface area contributed by atoms with Crippen molar-refractivity contribution in [2.75, 3.05) is 18.6 Å². The van der Waals surface area contributed by atoms with Crippen LogP contribution in [0.4, 0.5) is 9.57 Å². The summed E-state index contributed by atoms with van der Waals surface area (Å²) in [6, 6.07) is 4.07. The molecular weight excluding hydrogens is 325 g/mol. The van der Waals surface area contributed by atoms with E-state index in [1.165, 1.54) is 25.3 Å². The molecule has 1 heterocycles. The number of amides is 1. The van der Waals surface area contributed by atoms with E-state index in [1.54, 1.807) is 0 Å². The summed E-state index contributed by atoms with van der Waals surface area (Å²) in [5, 5.41) is -1.33. The van der Waals surface area contributed by atoms with Crippen molar-refractivity contribution in [3.05, 3.63) is 28.8 Å². The van der Waals surface area contributed by atoms with Gasteiger partial charge in [-0.15, -0.1) is 3.89 Å². The molecule has 1 fully saturated rings. The minimum absolute atomic E-state index is 0.0724. The number of hydrogen-bond acceptors (Lipinski definition) is 5. The average molecular weight is 336 g/mol. The van der Waals surface area contributed by atoms with Crippen LogP contribution in [0, 0.1) is 0 Å². The van der Waals surface area contributed by atoms with Gasteiger partial charge in [-0.05, 0) is 18.2 Å². The molecule has 1 aliphatic rings. The second-order valence-corrected chi connectivity index (χ2v) is 6.49. The molecule has 0 N–H and O–H groups in total. The van der Waals surface area contributed by atoms with Crippen LogP contribution in [0.25, 0.3) is 0 Å². The predicted octanol–water partition coefficient (Wildman–Crippen LogP) is 1.53. The van der Waals surface area contributed by atoms with E-state index in [4.69, 9.17) is 11.6 Å². The highest BCUT2D eigenvalue weighted by molar-refractivity contribution is 7.87. The minimum Gasteiger partial charge on any atom is -0.465 e. The van der Waals surface area contributed by atoms with Crippen LogP contribution < -0.4 is 4.90 Å². The van der Waals surface area contributed by atoms with Crippen molar-refractivity contribution < 1.29 is 26.6 Å². The van der Waals surface area contributed by atoms with Crippen LogP contribution in [0.1, 0.15) is 16.8 Å². The minimum atomic E-state index is -4.79. The van der Waals surface area contributed by atoms with Crippen LogP contribution in [0.3, 0.4) is 0 Å². The lowest BCUT2D eigenvalue weighted by molar-refractivity contribution is -0.117. The number of benzene rings is 1. The molecule has 1 unspecified atom stereocenters. The number of carbonyl (C=O) groups excluding carboxylic acids is 2. The summed E-state index contributed by atoms with van der Waals surface area (Å²) in [5.74, 6) is -1.14. The van der Waals surface area contributed by atoms with Crippen molar-refractivity contribution in [1.82, 2.24) is 0 Å². The van der Waals surface area contributed by atoms with E-state index in [-0.39, 0.29) is 22.8 Å². The molecule has 9 heteroatoms. The molecule has 0 aromatic heterocycles. The molecule has 21 heavy (non-hydrogen) atoms. The van der Waals surface area contributed by atoms with Gasteiger partial charge in [0, 0.05) is 13.0 Å². The Labute approximate surface area is 125 Å². The number of halogens is 2. The molecule has 0 aliphatic carbocycles. The lowest BCUT2D eigenvalue weighted by atomic mass is 10.2. The van der Waals surface area contributed by atoms with E-state index in [0.29, 0.717) is 0 Å². The molecule has 0 spiro atoms. The summed E-state index contributed by atoms with van der Waals surface area (Å²) in [4.78, 5) is 24.2. The molecule has 2 rings (SSSR count). The molecule has 114 valence electrons. The van der Waals surface area contributed by atoms with E-state index in [2.05, 4.69) is 4.74 Å². The highest BCUT2D eigenvalue weighted by Gasteiger charge is 2.39. The second kappa shape index (κ2) is 5.61. The van der Waals surface area contributed by atoms with E-state index in [0.717, 1.165) is 4.90 Å². The zero-order valence-corrected chi connectivity index (χ0v) is 12.4. The fourth-order valence-corrected chi connectivity index (χ4v) is 3.02. The SMILES string of the molecule is COC(=O)c1ccc(N2CC(S(=O)(=O)F)CC2=O)c(Cl)c1. The third kappa shape index (κ3) is 3.16. The van der Waals surface area contributed by atoms with Crippen molar-refractivity contribution in [1.29, 1.82) is 0 Å². The van der Waals surface area contributed by atoms with Gasteiger partial charge in [-0.3, -0.25) is 4.79 Å². The largest absolute Gasteiger partial charge is 0.465 e. The first-order valence-corrected chi connectivity index (χ1v) is 7.68. The van der Waals surface area contributed by atoms with E-state index in [1.807, 2.05) is 0 Å². The quantitative estimate of drug-likeness (QED) is 0.618. The molecule has 6 nitrogen and oxygen atoms in total. The normalized spacial score (nSPS) is 18.9. The Kier molecular flexibility index (Phi) is 4.20. The maximum atomic E-state index is 13.0. The Morgan fingerprint density at radius 3 is 2.62 bits per heavy atom. The predicted molar refractivity (Wildman–Crippen MR) is 73.6 cm³/mol. The lowest BCUT2D eigenvalue weighted by Gasteiger charge is -2.18. The second-order valence-electron chi connectivity index (χ2n) is 4.46. The molecule has 1 saturated heterocycles. The topological polar surface area (TPSA) is 80.8 Å². The van der Waals surface area contributed by atoms with Gasteiger partial charge >= 0.3 is 16.2 Å². The summed E-state index contributed by atoms with van der Waals surface area (Å²) in [5.41, 5.74) is 0.410. The Morgan fingerprint density at radius 1 is 1.48 bits per heavy atom. The van der Waals surface area contributed by atoms with Crippen LogP contribution in [-0.4, -0.2) is 39.2 Å². The summed E-state index contributed by atoms with van der Waals surface area (Å²) in [7, 11) is -3.58. The van der Waals surface area contributed by atoms with E-state index < -0.39 is 33.8 Å². The van der Waals surface area contributed by atoms with Crippen molar-refractivity contribution in [3.63, 3.8) is 0 Å². The smallest absolute Gasteiger partial charge is 0.337 e. The van der Waals surface area contributed by atoms with Crippen molar-refractivity contribution in [3.8, 4) is 0 Å². The first-order chi connectivity index (χ1) is 9.74. The first-order valence-electron chi connectivity index (χ1n) is 5.85. The highest BCUT2D eigenvalue weighted by atomic mass is 35.5. The number of carbonyl (C=O) groups is 2. The van der Waals surface area contributed by atoms with Crippen LogP contribution in [-0.2, 0) is 19.8 Å². The molecule has 1 aliphatic heterocycles. The van der Waals surface area contributed by atoms with Gasteiger partial charge in [0.2, 0.25) is 5.91 Å². The van der Waals surface area contributed by atoms with Gasteiger partial charge in [-0.25, -0.2) is 4.79 Å². The summed E-state index contributed by atoms with van der Waals surface area (Å²) in [6.45, 7) is -0.311. The first kappa shape index (κ1) is 15.7. The van der Waals surface area contributed by atoms with Crippen molar-refractivity contribution in [2.24, 2.45) is 0 Å². The molecule has 1 aromatic carbocycles. The van der Waals surface area contributed by atoms with Crippen LogP contribution in [0.2, 0.25) is 5.02 Å². The number of esters is 1. The fourth-order valence-electron chi connectivity index (χ4n) is 2.07. The molecule has 0 radical (unpaired) electrons. The molecule has 0 bridgehead atoms. The number of ether oxygens (including phenoxy) is 1. The van der Waals surface area contributed by atoms with E-state index in [9.17, 15) is 21.9 Å². The molecule has 1 aromatic rings. The van der Waals surface area contributed by atoms with Crippen LogP contribution in [0.5, 0.6) is 0 Å². The Morgan fingerprint density at radius 2 is 2.14 bits per heavy atom. The van der Waals surface area contributed by atoms with Crippen molar-refractivity contribution >= 4 is 39.4 Å². The Hall–Kier alpha value is -1.67. The summed E-state index contributed by atoms with van der Waals surface area (Å²) in [6.07, 6.45) is -0.437. The van der Waals surface area contributed by atoms with Gasteiger partial charge < -0.3 is 9.64 Å². The van der Waals surface area contributed by atoms with Gasteiger partial charge in [0.15, 0.2) is 0 Å². The van der Waals surface area contributed by atoms with Gasteiger partial charge in [-0.1, -0.05) is 11.6 Å². The highest BCUT2D eigenvalue weighted by Crippen LogP contribution is 2.32. The van der Waals surface area contributed by atoms with Crippen molar-refractivity contribution in [2.45, 2.75) is 11.7 Å². The Balaban J connectivity index is 2.31. The summed E-state index contributed by atoms with van der Waals surface area (Å²) < 4.78 is 39.3. The molecular formula is C12H11ClFNO5S. The van der Waals surface area contributed by atoms with Crippen LogP contribution >= 0.6 is 11.6 Å². The third-order valence-electron chi connectivity index (χ3n) is 3.15. The van der Waals surface area contributed by atoms with Gasteiger partial charge in [0.25, 0.3) is 0 Å². The lowest BCUT2D eigenvalue weighted by Crippen LogP contribution is -2.27. The summed E-state index contributed by atoms with van der Waals surface area (Å²) >= 11 is 5.99. The third-order valence-corrected chi connectivity index (χ3v) is 4.56. The van der Waals surface area contributed by atoms with Gasteiger partial charge in [0.1, 0.15) is 5.25 Å². The van der Waals surface area contributed by atoms with Gasteiger partial charge in [-0.2, -0.15) is 8.42 Å². The zero-order valence-electron chi connectivity index (χ0n) is 10.9. The monoisotopic (exact) mass is 335 g/mol. The zero-order chi connectivity index (χ0) is 15.8. The van der Waals surface area contributed by atoms with Gasteiger partial charge in [0.05, 0.1) is 23.4 Å². The molecule has 0 saturated carbocycles. The standard InChI is InChI=1S/C12H11ClFNO5S/c1-20-12(17)7-2-3-10(9(13)4-7)15-6-8(5-11(15)16)21(14,18)19/h2-4,8H,5-6H2,1H3. The Bertz CT molecular complexity index is 706. The number of nitrogens with zero attached hydrogens (tertiary/aromatic N) is 1. The molecule has 1 atom stereocenters. The number of hydrogen-bond donors (Lipinski definition) is 0. The maximum Gasteiger partial charge on any atom is 0.337 e. The van der Waals surface area contributed by atoms with Crippen LogP contribution in [0.15, 0.2) is 18.2 Å².